The fourth-order valence-corrected chi connectivity index (χ4v) is 1.55. The van der Waals surface area contributed by atoms with Gasteiger partial charge in [0.15, 0.2) is 5.78 Å². The number of benzene rings is 1. The van der Waals surface area contributed by atoms with Crippen molar-refractivity contribution in [1.82, 2.24) is 4.90 Å². The molecule has 0 aliphatic rings. The summed E-state index contributed by atoms with van der Waals surface area (Å²) in [6, 6.07) is 7.33. The first-order valence-electron chi connectivity index (χ1n) is 6.34. The van der Waals surface area contributed by atoms with E-state index in [9.17, 15) is 4.79 Å². The standard InChI is InChI=1S/C15H23NO3/c1-15(2,16(3)4)14(17)12-8-6-7-9-13(12)19-11-10-18-5/h6-9H,10-11H2,1-5H3. The van der Waals surface area contributed by atoms with Crippen LogP contribution in [0, 0.1) is 0 Å². The van der Waals surface area contributed by atoms with Crippen molar-refractivity contribution in [2.24, 2.45) is 0 Å². The molecule has 0 aliphatic carbocycles. The summed E-state index contributed by atoms with van der Waals surface area (Å²) in [5.41, 5.74) is 0.0399. The maximum absolute atomic E-state index is 12.6. The highest BCUT2D eigenvalue weighted by atomic mass is 16.5. The average molecular weight is 265 g/mol. The molecule has 4 nitrogen and oxygen atoms in total. The molecule has 1 rings (SSSR count). The predicted molar refractivity (Wildman–Crippen MR) is 75.9 cm³/mol. The Bertz CT molecular complexity index is 427. The van der Waals surface area contributed by atoms with Crippen LogP contribution in [0.15, 0.2) is 24.3 Å². The third-order valence-corrected chi connectivity index (χ3v) is 3.35. The van der Waals surface area contributed by atoms with Crippen LogP contribution in [0.25, 0.3) is 0 Å². The van der Waals surface area contributed by atoms with Crippen molar-refractivity contribution in [2.75, 3.05) is 34.4 Å². The van der Waals surface area contributed by atoms with Gasteiger partial charge in [0.2, 0.25) is 0 Å². The number of carbonyl (C=O) groups is 1. The van der Waals surface area contributed by atoms with E-state index in [1.54, 1.807) is 13.2 Å². The van der Waals surface area contributed by atoms with Crippen molar-refractivity contribution in [2.45, 2.75) is 19.4 Å². The molecule has 0 spiro atoms. The molecular formula is C15H23NO3. The minimum Gasteiger partial charge on any atom is -0.490 e. The molecule has 0 aromatic heterocycles. The van der Waals surface area contributed by atoms with Crippen molar-refractivity contribution in [3.8, 4) is 5.75 Å². The Hall–Kier alpha value is -1.39. The second kappa shape index (κ2) is 6.68. The molecule has 0 atom stereocenters. The second-order valence-electron chi connectivity index (χ2n) is 5.12. The molecule has 0 unspecified atom stereocenters. The number of ketones is 1. The van der Waals surface area contributed by atoms with E-state index in [2.05, 4.69) is 0 Å². The monoisotopic (exact) mass is 265 g/mol. The lowest BCUT2D eigenvalue weighted by Gasteiger charge is -2.31. The van der Waals surface area contributed by atoms with Gasteiger partial charge in [0.05, 0.1) is 17.7 Å². The van der Waals surface area contributed by atoms with E-state index in [4.69, 9.17) is 9.47 Å². The third kappa shape index (κ3) is 3.78. The number of Topliss-reactive ketones (excluding diaryl/α,β-unsaturated/α-hetero) is 1. The van der Waals surface area contributed by atoms with Crippen LogP contribution in [-0.2, 0) is 4.74 Å². The Balaban J connectivity index is 2.97. The third-order valence-electron chi connectivity index (χ3n) is 3.35. The number of para-hydroxylation sites is 1. The zero-order chi connectivity index (χ0) is 14.5. The minimum atomic E-state index is -0.569. The average Bonchev–Trinajstić information content (AvgIpc) is 2.38. The maximum Gasteiger partial charge on any atom is 0.186 e. The van der Waals surface area contributed by atoms with E-state index >= 15 is 0 Å². The van der Waals surface area contributed by atoms with Crippen LogP contribution in [0.3, 0.4) is 0 Å². The molecule has 0 saturated carbocycles. The summed E-state index contributed by atoms with van der Waals surface area (Å²) in [5.74, 6) is 0.657. The highest BCUT2D eigenvalue weighted by Crippen LogP contribution is 2.25. The van der Waals surface area contributed by atoms with Gasteiger partial charge in [0.1, 0.15) is 12.4 Å². The molecule has 0 saturated heterocycles. The molecule has 0 N–H and O–H groups in total. The number of hydrogen-bond donors (Lipinski definition) is 0. The lowest BCUT2D eigenvalue weighted by molar-refractivity contribution is 0.0748. The van der Waals surface area contributed by atoms with Gasteiger partial charge < -0.3 is 9.47 Å². The lowest BCUT2D eigenvalue weighted by Crippen LogP contribution is -2.45. The summed E-state index contributed by atoms with van der Waals surface area (Å²) in [7, 11) is 5.41. The minimum absolute atomic E-state index is 0.0468. The Labute approximate surface area is 115 Å². The second-order valence-corrected chi connectivity index (χ2v) is 5.12. The fourth-order valence-electron chi connectivity index (χ4n) is 1.55. The maximum atomic E-state index is 12.6. The summed E-state index contributed by atoms with van der Waals surface area (Å²) in [6.07, 6.45) is 0. The summed E-state index contributed by atoms with van der Waals surface area (Å²) < 4.78 is 10.6. The predicted octanol–water partition coefficient (Wildman–Crippen LogP) is 2.23. The molecule has 4 heteroatoms. The molecule has 19 heavy (non-hydrogen) atoms. The first-order valence-corrected chi connectivity index (χ1v) is 6.34. The van der Waals surface area contributed by atoms with Gasteiger partial charge in [-0.15, -0.1) is 0 Å². The fraction of sp³-hybridized carbons (Fsp3) is 0.533. The van der Waals surface area contributed by atoms with E-state index in [0.29, 0.717) is 24.5 Å². The SMILES string of the molecule is COCCOc1ccccc1C(=O)C(C)(C)N(C)C. The lowest BCUT2D eigenvalue weighted by atomic mass is 9.91. The smallest absolute Gasteiger partial charge is 0.186 e. The normalized spacial score (nSPS) is 11.7. The summed E-state index contributed by atoms with van der Waals surface area (Å²) in [6.45, 7) is 4.74. The van der Waals surface area contributed by atoms with Gasteiger partial charge in [-0.25, -0.2) is 0 Å². The molecule has 0 aliphatic heterocycles. The molecule has 1 aromatic carbocycles. The highest BCUT2D eigenvalue weighted by molar-refractivity contribution is 6.04. The summed E-state index contributed by atoms with van der Waals surface area (Å²) >= 11 is 0. The van der Waals surface area contributed by atoms with Crippen LogP contribution in [0.4, 0.5) is 0 Å². The van der Waals surface area contributed by atoms with Crippen LogP contribution in [-0.4, -0.2) is 50.6 Å². The zero-order valence-corrected chi connectivity index (χ0v) is 12.4. The Kier molecular flexibility index (Phi) is 5.51. The van der Waals surface area contributed by atoms with E-state index in [0.717, 1.165) is 0 Å². The van der Waals surface area contributed by atoms with Gasteiger partial charge in [-0.2, -0.15) is 0 Å². The van der Waals surface area contributed by atoms with E-state index in [-0.39, 0.29) is 5.78 Å². The summed E-state index contributed by atoms with van der Waals surface area (Å²) in [4.78, 5) is 14.5. The summed E-state index contributed by atoms with van der Waals surface area (Å²) in [5, 5.41) is 0. The topological polar surface area (TPSA) is 38.8 Å². The number of hydrogen-bond acceptors (Lipinski definition) is 4. The molecule has 106 valence electrons. The van der Waals surface area contributed by atoms with Crippen molar-refractivity contribution in [3.05, 3.63) is 29.8 Å². The zero-order valence-electron chi connectivity index (χ0n) is 12.4. The van der Waals surface area contributed by atoms with Crippen LogP contribution < -0.4 is 4.74 Å². The molecule has 0 radical (unpaired) electrons. The van der Waals surface area contributed by atoms with Crippen LogP contribution in [0.2, 0.25) is 0 Å². The number of carbonyl (C=O) groups excluding carboxylic acids is 1. The Morgan fingerprint density at radius 2 is 1.84 bits per heavy atom. The largest absolute Gasteiger partial charge is 0.490 e. The van der Waals surface area contributed by atoms with E-state index in [1.165, 1.54) is 0 Å². The van der Waals surface area contributed by atoms with Gasteiger partial charge >= 0.3 is 0 Å². The van der Waals surface area contributed by atoms with Crippen molar-refractivity contribution < 1.29 is 14.3 Å². The van der Waals surface area contributed by atoms with E-state index in [1.807, 2.05) is 51.0 Å². The Morgan fingerprint density at radius 3 is 2.42 bits per heavy atom. The number of methoxy groups -OCH3 is 1. The van der Waals surface area contributed by atoms with Crippen LogP contribution in [0.5, 0.6) is 5.75 Å². The molecule has 0 amide bonds. The van der Waals surface area contributed by atoms with Crippen LogP contribution >= 0.6 is 0 Å². The first-order chi connectivity index (χ1) is 8.91. The van der Waals surface area contributed by atoms with Gasteiger partial charge in [0, 0.05) is 7.11 Å². The molecule has 0 heterocycles. The van der Waals surface area contributed by atoms with Gasteiger partial charge in [-0.05, 0) is 40.1 Å². The Morgan fingerprint density at radius 1 is 1.21 bits per heavy atom. The molecular weight excluding hydrogens is 242 g/mol. The number of likely N-dealkylation sites (N-methyl/N-ethyl adjacent to an activating group) is 1. The molecule has 1 aromatic rings. The van der Waals surface area contributed by atoms with Crippen molar-refractivity contribution >= 4 is 5.78 Å². The molecule has 0 bridgehead atoms. The highest BCUT2D eigenvalue weighted by Gasteiger charge is 2.32. The van der Waals surface area contributed by atoms with Crippen LogP contribution in [0.1, 0.15) is 24.2 Å². The van der Waals surface area contributed by atoms with E-state index < -0.39 is 5.54 Å². The number of nitrogens with zero attached hydrogens (tertiary/aromatic N) is 1. The van der Waals surface area contributed by atoms with Gasteiger partial charge in [-0.3, -0.25) is 9.69 Å². The van der Waals surface area contributed by atoms with Crippen molar-refractivity contribution in [3.63, 3.8) is 0 Å². The van der Waals surface area contributed by atoms with Gasteiger partial charge in [0.25, 0.3) is 0 Å². The first kappa shape index (κ1) is 15.7. The van der Waals surface area contributed by atoms with Gasteiger partial charge in [-0.1, -0.05) is 12.1 Å². The van der Waals surface area contributed by atoms with Crippen molar-refractivity contribution in [1.29, 1.82) is 0 Å². The number of rotatable bonds is 7. The molecule has 0 fully saturated rings. The number of ether oxygens (including phenoxy) is 2. The quantitative estimate of drug-likeness (QED) is 0.560.